The topological polar surface area (TPSA) is 352 Å². The lowest BCUT2D eigenvalue weighted by atomic mass is 10.0. The molecule has 0 aromatic heterocycles. The van der Waals surface area contributed by atoms with E-state index in [0.717, 1.165) is 6.20 Å². The summed E-state index contributed by atoms with van der Waals surface area (Å²) in [4.78, 5) is 93.4. The Labute approximate surface area is 263 Å². The Morgan fingerprint density at radius 3 is 2.43 bits per heavy atom. The molecule has 17 N–H and O–H groups in total. The van der Waals surface area contributed by atoms with Crippen LogP contribution in [0.4, 0.5) is 4.79 Å². The second-order valence-corrected chi connectivity index (χ2v) is 10.4. The van der Waals surface area contributed by atoms with Crippen molar-refractivity contribution in [1.82, 2.24) is 42.5 Å². The summed E-state index contributed by atoms with van der Waals surface area (Å²) < 4.78 is 0. The van der Waals surface area contributed by atoms with Gasteiger partial charge in [0.05, 0.1) is 12.6 Å². The second-order valence-electron chi connectivity index (χ2n) is 10.4. The number of nitrogens with zero attached hydrogens (tertiary/aromatic N) is 1. The Morgan fingerprint density at radius 1 is 1.04 bits per heavy atom. The monoisotopic (exact) mass is 653 g/mol. The van der Waals surface area contributed by atoms with Crippen molar-refractivity contribution in [3.63, 3.8) is 0 Å². The maximum absolute atomic E-state index is 13.4. The molecule has 21 heteroatoms. The van der Waals surface area contributed by atoms with Gasteiger partial charge >= 0.3 is 6.03 Å². The second kappa shape index (κ2) is 18.7. The highest BCUT2D eigenvalue weighted by atomic mass is 16.3. The molecule has 0 spiro atoms. The number of primary amides is 1. The molecule has 2 rings (SSSR count). The van der Waals surface area contributed by atoms with Gasteiger partial charge in [0.15, 0.2) is 5.96 Å². The number of hydrogen-bond donors (Lipinski definition) is 13. The number of aliphatic hydroxyl groups is 1. The van der Waals surface area contributed by atoms with Crippen molar-refractivity contribution < 1.29 is 38.7 Å². The molecular formula is C25H43N13O8. The molecule has 2 aliphatic heterocycles. The van der Waals surface area contributed by atoms with E-state index in [1.165, 1.54) is 0 Å². The fourth-order valence-corrected chi connectivity index (χ4v) is 4.33. The summed E-state index contributed by atoms with van der Waals surface area (Å²) >= 11 is 0. The Morgan fingerprint density at radius 2 is 1.78 bits per heavy atom. The Kier molecular flexibility index (Phi) is 15.1. The highest BCUT2D eigenvalue weighted by Gasteiger charge is 2.34. The molecule has 2 aliphatic rings. The van der Waals surface area contributed by atoms with E-state index in [2.05, 4.69) is 47.5 Å². The lowest BCUT2D eigenvalue weighted by molar-refractivity contribution is -0.133. The predicted molar refractivity (Wildman–Crippen MR) is 161 cm³/mol. The van der Waals surface area contributed by atoms with E-state index in [9.17, 15) is 38.7 Å². The largest absolute Gasteiger partial charge is 0.394 e. The van der Waals surface area contributed by atoms with Crippen LogP contribution >= 0.6 is 0 Å². The van der Waals surface area contributed by atoms with Gasteiger partial charge in [0.1, 0.15) is 23.8 Å². The minimum absolute atomic E-state index is 0.0142. The van der Waals surface area contributed by atoms with Gasteiger partial charge in [-0.05, 0) is 25.8 Å². The highest BCUT2D eigenvalue weighted by molar-refractivity contribution is 6.02. The van der Waals surface area contributed by atoms with E-state index >= 15 is 0 Å². The van der Waals surface area contributed by atoms with Gasteiger partial charge < -0.3 is 70.6 Å². The number of hydrogen-bond acceptors (Lipinski definition) is 13. The number of aliphatic hydroxyl groups excluding tert-OH is 1. The number of urea groups is 1. The minimum atomic E-state index is -1.59. The van der Waals surface area contributed by atoms with Crippen LogP contribution < -0.4 is 65.5 Å². The minimum Gasteiger partial charge on any atom is -0.394 e. The Hall–Kier alpha value is -5.02. The molecule has 0 radical (unpaired) electrons. The lowest BCUT2D eigenvalue weighted by Crippen LogP contribution is -2.62. The standard InChI is InChI=1S/C25H43N13O8/c26-5-1-2-12(27)8-18(41)32-9-14-20(42)35-15(10-33-25(29)46)21(43)38-19(13-3-6-31-24(28)37-13)23(45)30-7-4-17(40)34-16(11-39)22(44)36-14/h10,12-14,16,19,39H,1-9,11,26-27H2,(H,30,45)(H,32,41)(H,34,40)(H,35,42)(H,36,44)(H,38,43)(H3,28,31,37)(H3,29,33,46)/b15-10-. The number of nitrogens with one attached hydrogen (secondary N) is 8. The zero-order chi connectivity index (χ0) is 34.2. The maximum Gasteiger partial charge on any atom is 0.316 e. The van der Waals surface area contributed by atoms with Crippen molar-refractivity contribution in [2.75, 3.05) is 32.8 Å². The number of rotatable bonds is 10. The maximum atomic E-state index is 13.4. The first-order chi connectivity index (χ1) is 21.8. The molecule has 0 saturated carbocycles. The average Bonchev–Trinajstić information content (AvgIpc) is 3.00. The average molecular weight is 654 g/mol. The number of carbonyl (C=O) groups excluding carboxylic acids is 7. The summed E-state index contributed by atoms with van der Waals surface area (Å²) in [6.07, 6.45) is 1.63. The van der Waals surface area contributed by atoms with E-state index in [-0.39, 0.29) is 38.3 Å². The smallest absolute Gasteiger partial charge is 0.316 e. The van der Waals surface area contributed by atoms with Gasteiger partial charge in [-0.15, -0.1) is 0 Å². The molecule has 256 valence electrons. The fourth-order valence-electron chi connectivity index (χ4n) is 4.33. The molecule has 5 unspecified atom stereocenters. The molecule has 0 aliphatic carbocycles. The fraction of sp³-hybridized carbons (Fsp3) is 0.600. The number of nitrogens with two attached hydrogens (primary N) is 4. The highest BCUT2D eigenvalue weighted by Crippen LogP contribution is 2.07. The molecule has 2 heterocycles. The summed E-state index contributed by atoms with van der Waals surface area (Å²) in [7, 11) is 0. The third-order valence-corrected chi connectivity index (χ3v) is 6.74. The van der Waals surface area contributed by atoms with Crippen LogP contribution in [0.2, 0.25) is 0 Å². The summed E-state index contributed by atoms with van der Waals surface area (Å²) in [6.45, 7) is -1.00. The van der Waals surface area contributed by atoms with Crippen molar-refractivity contribution >= 4 is 47.4 Å². The third-order valence-electron chi connectivity index (χ3n) is 6.74. The molecule has 46 heavy (non-hydrogen) atoms. The van der Waals surface area contributed by atoms with E-state index in [1.807, 2.05) is 0 Å². The van der Waals surface area contributed by atoms with Crippen molar-refractivity contribution in [3.05, 3.63) is 11.9 Å². The van der Waals surface area contributed by atoms with Crippen LogP contribution in [0.5, 0.6) is 0 Å². The molecule has 0 aromatic carbocycles. The molecule has 0 bridgehead atoms. The molecule has 8 amide bonds. The van der Waals surface area contributed by atoms with Gasteiger partial charge in [-0.3, -0.25) is 33.8 Å². The summed E-state index contributed by atoms with van der Waals surface area (Å²) in [5, 5.41) is 28.9. The van der Waals surface area contributed by atoms with E-state index in [4.69, 9.17) is 22.9 Å². The predicted octanol–water partition coefficient (Wildman–Crippen LogP) is -7.17. The molecule has 21 nitrogen and oxygen atoms in total. The van der Waals surface area contributed by atoms with Crippen molar-refractivity contribution in [1.29, 1.82) is 0 Å². The van der Waals surface area contributed by atoms with Gasteiger partial charge in [0.25, 0.3) is 5.91 Å². The van der Waals surface area contributed by atoms with Crippen LogP contribution in [-0.4, -0.2) is 116 Å². The zero-order valence-electron chi connectivity index (χ0n) is 25.1. The van der Waals surface area contributed by atoms with Crippen LogP contribution in [0.3, 0.4) is 0 Å². The van der Waals surface area contributed by atoms with Crippen LogP contribution in [0.1, 0.15) is 32.1 Å². The molecule has 1 saturated heterocycles. The normalized spacial score (nSPS) is 25.0. The zero-order valence-corrected chi connectivity index (χ0v) is 25.1. The first-order valence-corrected chi connectivity index (χ1v) is 14.5. The number of amides is 8. The van der Waals surface area contributed by atoms with Crippen LogP contribution in [0, 0.1) is 0 Å². The first kappa shape index (κ1) is 37.2. The van der Waals surface area contributed by atoms with Crippen molar-refractivity contribution in [2.24, 2.45) is 27.9 Å². The van der Waals surface area contributed by atoms with Crippen molar-refractivity contribution in [3.8, 4) is 0 Å². The van der Waals surface area contributed by atoms with Crippen LogP contribution in [-0.2, 0) is 28.8 Å². The summed E-state index contributed by atoms with van der Waals surface area (Å²) in [5.41, 5.74) is 21.7. The summed E-state index contributed by atoms with van der Waals surface area (Å²) in [5.74, 6) is -5.16. The molecular weight excluding hydrogens is 610 g/mol. The number of carbonyl (C=O) groups is 7. The van der Waals surface area contributed by atoms with Gasteiger partial charge in [-0.1, -0.05) is 0 Å². The van der Waals surface area contributed by atoms with Gasteiger partial charge in [-0.2, -0.15) is 0 Å². The number of aliphatic imine (C=N–C) groups is 1. The number of guanidine groups is 1. The van der Waals surface area contributed by atoms with E-state index < -0.39 is 90.5 Å². The van der Waals surface area contributed by atoms with Gasteiger partial charge in [0, 0.05) is 44.7 Å². The molecule has 5 atom stereocenters. The van der Waals surface area contributed by atoms with Gasteiger partial charge in [-0.25, -0.2) is 4.79 Å². The Balaban J connectivity index is 2.41. The molecule has 1 fully saturated rings. The van der Waals surface area contributed by atoms with E-state index in [1.54, 1.807) is 0 Å². The van der Waals surface area contributed by atoms with Crippen LogP contribution in [0.25, 0.3) is 0 Å². The third kappa shape index (κ3) is 12.5. The van der Waals surface area contributed by atoms with E-state index in [0.29, 0.717) is 19.4 Å². The molecule has 0 aromatic rings. The Bertz CT molecular complexity index is 1210. The quantitative estimate of drug-likeness (QED) is 0.0978. The lowest BCUT2D eigenvalue weighted by Gasteiger charge is -2.31. The van der Waals surface area contributed by atoms with Crippen molar-refractivity contribution in [2.45, 2.75) is 62.3 Å². The van der Waals surface area contributed by atoms with Crippen LogP contribution in [0.15, 0.2) is 16.9 Å². The summed E-state index contributed by atoms with van der Waals surface area (Å²) in [6, 6.07) is -6.83. The SMILES string of the molecule is NCCCC(N)CC(=O)NCC1NC(=O)C(CO)NC(=O)CCNC(=O)C(C2CCN=C(N)N2)NC(=O)/C(=C/NC(N)=O)NC1=O. The van der Waals surface area contributed by atoms with Gasteiger partial charge in [0.2, 0.25) is 29.5 Å². The first-order valence-electron chi connectivity index (χ1n) is 14.5.